The third kappa shape index (κ3) is 2.88. The third-order valence-electron chi connectivity index (χ3n) is 4.77. The number of hydrogen-bond donors (Lipinski definition) is 1. The summed E-state index contributed by atoms with van der Waals surface area (Å²) in [7, 11) is 0. The molecule has 2 aromatic rings. The van der Waals surface area contributed by atoms with E-state index in [1.807, 2.05) is 32.9 Å². The van der Waals surface area contributed by atoms with Crippen molar-refractivity contribution < 1.29 is 13.9 Å². The molecule has 132 valence electrons. The Morgan fingerprint density at radius 1 is 1.20 bits per heavy atom. The van der Waals surface area contributed by atoms with Gasteiger partial charge in [0.05, 0.1) is 5.41 Å². The van der Waals surface area contributed by atoms with E-state index in [1.54, 1.807) is 12.1 Å². The molecule has 1 N–H and O–H groups in total. The van der Waals surface area contributed by atoms with Crippen LogP contribution >= 0.6 is 11.6 Å². The summed E-state index contributed by atoms with van der Waals surface area (Å²) in [5.41, 5.74) is 0.0613. The highest BCUT2D eigenvalue weighted by molar-refractivity contribution is 6.30. The number of halogens is 1. The molecular weight excluding hydrogens is 342 g/mol. The van der Waals surface area contributed by atoms with Crippen LogP contribution in [-0.2, 0) is 10.2 Å². The SMILES string of the molecule is CC(C)(C)OC(=O)NC12CC(c3nnc(-c4ccc(Cl)cc4)o3)(C1)C2. The second-order valence-electron chi connectivity index (χ2n) is 8.14. The fourth-order valence-corrected chi connectivity index (χ4v) is 3.94. The van der Waals surface area contributed by atoms with Crippen LogP contribution in [0.4, 0.5) is 4.79 Å². The Balaban J connectivity index is 1.40. The zero-order chi connectivity index (χ0) is 17.9. The standard InChI is InChI=1S/C18H20ClN3O3/c1-16(2,3)25-15(23)20-18-8-17(9-18,10-18)14-22-21-13(24-14)11-4-6-12(19)7-5-11/h4-7H,8-10H2,1-3H3,(H,20,23). The van der Waals surface area contributed by atoms with Gasteiger partial charge in [0.1, 0.15) is 5.60 Å². The highest BCUT2D eigenvalue weighted by Crippen LogP contribution is 2.67. The molecule has 6 nitrogen and oxygen atoms in total. The van der Waals surface area contributed by atoms with E-state index in [4.69, 9.17) is 20.8 Å². The van der Waals surface area contributed by atoms with Crippen LogP contribution in [0, 0.1) is 0 Å². The highest BCUT2D eigenvalue weighted by atomic mass is 35.5. The molecule has 3 fully saturated rings. The third-order valence-corrected chi connectivity index (χ3v) is 5.02. The normalized spacial score (nSPS) is 27.2. The Hall–Kier alpha value is -2.08. The summed E-state index contributed by atoms with van der Waals surface area (Å²) in [4.78, 5) is 12.0. The number of carbonyl (C=O) groups excluding carboxylic acids is 1. The quantitative estimate of drug-likeness (QED) is 0.890. The Bertz CT molecular complexity index is 803. The van der Waals surface area contributed by atoms with Gasteiger partial charge >= 0.3 is 6.09 Å². The molecule has 0 atom stereocenters. The molecule has 0 spiro atoms. The molecule has 3 aliphatic rings. The first-order valence-electron chi connectivity index (χ1n) is 8.30. The van der Waals surface area contributed by atoms with Crippen molar-refractivity contribution in [2.45, 2.75) is 56.6 Å². The van der Waals surface area contributed by atoms with Gasteiger partial charge in [-0.1, -0.05) is 11.6 Å². The predicted molar refractivity (Wildman–Crippen MR) is 92.4 cm³/mol. The average molecular weight is 362 g/mol. The van der Waals surface area contributed by atoms with Crippen LogP contribution in [0.3, 0.4) is 0 Å². The van der Waals surface area contributed by atoms with Crippen LogP contribution in [0.15, 0.2) is 28.7 Å². The maximum Gasteiger partial charge on any atom is 0.408 e. The molecule has 2 bridgehead atoms. The van der Waals surface area contributed by atoms with Crippen molar-refractivity contribution in [3.05, 3.63) is 35.2 Å². The molecule has 7 heteroatoms. The second-order valence-corrected chi connectivity index (χ2v) is 8.57. The van der Waals surface area contributed by atoms with Crippen LogP contribution in [0.25, 0.3) is 11.5 Å². The number of rotatable bonds is 3. The Morgan fingerprint density at radius 3 is 2.44 bits per heavy atom. The van der Waals surface area contributed by atoms with E-state index in [0.29, 0.717) is 16.8 Å². The topological polar surface area (TPSA) is 77.2 Å². The largest absolute Gasteiger partial charge is 0.444 e. The lowest BCUT2D eigenvalue weighted by atomic mass is 9.39. The highest BCUT2D eigenvalue weighted by Gasteiger charge is 2.72. The Morgan fingerprint density at radius 2 is 1.84 bits per heavy atom. The van der Waals surface area contributed by atoms with Gasteiger partial charge in [0.15, 0.2) is 0 Å². The van der Waals surface area contributed by atoms with Gasteiger partial charge in [0.2, 0.25) is 11.8 Å². The van der Waals surface area contributed by atoms with Crippen molar-refractivity contribution >= 4 is 17.7 Å². The van der Waals surface area contributed by atoms with E-state index in [-0.39, 0.29) is 17.0 Å². The van der Waals surface area contributed by atoms with E-state index in [2.05, 4.69) is 15.5 Å². The lowest BCUT2D eigenvalue weighted by Crippen LogP contribution is -2.77. The van der Waals surface area contributed by atoms with Crippen LogP contribution in [0.2, 0.25) is 5.02 Å². The van der Waals surface area contributed by atoms with Gasteiger partial charge in [-0.3, -0.25) is 0 Å². The van der Waals surface area contributed by atoms with Gasteiger partial charge in [-0.15, -0.1) is 10.2 Å². The molecule has 25 heavy (non-hydrogen) atoms. The smallest absolute Gasteiger partial charge is 0.408 e. The second kappa shape index (κ2) is 5.21. The van der Waals surface area contributed by atoms with Crippen LogP contribution in [0.5, 0.6) is 0 Å². The minimum absolute atomic E-state index is 0.104. The molecule has 3 saturated carbocycles. The van der Waals surface area contributed by atoms with Crippen molar-refractivity contribution in [3.63, 3.8) is 0 Å². The Labute approximate surface area is 150 Å². The maximum atomic E-state index is 12.0. The van der Waals surface area contributed by atoms with E-state index < -0.39 is 5.60 Å². The molecule has 1 aromatic heterocycles. The van der Waals surface area contributed by atoms with Crippen LogP contribution < -0.4 is 5.32 Å². The molecule has 5 rings (SSSR count). The first-order valence-corrected chi connectivity index (χ1v) is 8.68. The van der Waals surface area contributed by atoms with E-state index in [1.165, 1.54) is 0 Å². The number of carbonyl (C=O) groups is 1. The fraction of sp³-hybridized carbons (Fsp3) is 0.500. The van der Waals surface area contributed by atoms with Gasteiger partial charge in [0, 0.05) is 16.1 Å². The van der Waals surface area contributed by atoms with Gasteiger partial charge < -0.3 is 14.5 Å². The zero-order valence-corrected chi connectivity index (χ0v) is 15.2. The van der Waals surface area contributed by atoms with Gasteiger partial charge in [-0.05, 0) is 64.3 Å². The molecule has 1 heterocycles. The number of nitrogens with zero attached hydrogens (tertiary/aromatic N) is 2. The molecule has 3 aliphatic carbocycles. The number of amides is 1. The zero-order valence-electron chi connectivity index (χ0n) is 14.4. The monoisotopic (exact) mass is 361 g/mol. The average Bonchev–Trinajstić information content (AvgIpc) is 2.89. The van der Waals surface area contributed by atoms with Gasteiger partial charge in [-0.2, -0.15) is 0 Å². The van der Waals surface area contributed by atoms with Gasteiger partial charge in [0.25, 0.3) is 0 Å². The number of ether oxygens (including phenoxy) is 1. The van der Waals surface area contributed by atoms with E-state index in [0.717, 1.165) is 24.8 Å². The summed E-state index contributed by atoms with van der Waals surface area (Å²) in [5, 5.41) is 12.0. The lowest BCUT2D eigenvalue weighted by Gasteiger charge is -2.68. The van der Waals surface area contributed by atoms with Crippen LogP contribution in [0.1, 0.15) is 45.9 Å². The summed E-state index contributed by atoms with van der Waals surface area (Å²) >= 11 is 5.90. The summed E-state index contributed by atoms with van der Waals surface area (Å²) in [6.07, 6.45) is 2.05. The number of aromatic nitrogens is 2. The molecule has 1 aromatic carbocycles. The first-order chi connectivity index (χ1) is 11.7. The van der Waals surface area contributed by atoms with Crippen molar-refractivity contribution in [1.29, 1.82) is 0 Å². The summed E-state index contributed by atoms with van der Waals surface area (Å²) in [6.45, 7) is 5.56. The molecule has 0 unspecified atom stereocenters. The predicted octanol–water partition coefficient (Wildman–Crippen LogP) is 4.09. The van der Waals surface area contributed by atoms with Crippen molar-refractivity contribution in [2.75, 3.05) is 0 Å². The number of alkyl carbamates (subject to hydrolysis) is 1. The minimum Gasteiger partial charge on any atom is -0.444 e. The van der Waals surface area contributed by atoms with E-state index >= 15 is 0 Å². The summed E-state index contributed by atoms with van der Waals surface area (Å²) in [5.74, 6) is 1.14. The number of nitrogens with one attached hydrogen (secondary N) is 1. The molecular formula is C18H20ClN3O3. The van der Waals surface area contributed by atoms with Crippen molar-refractivity contribution in [3.8, 4) is 11.5 Å². The molecule has 1 amide bonds. The van der Waals surface area contributed by atoms with Crippen LogP contribution in [-0.4, -0.2) is 27.4 Å². The molecule has 0 aliphatic heterocycles. The summed E-state index contributed by atoms with van der Waals surface area (Å²) < 4.78 is 11.2. The Kier molecular flexibility index (Phi) is 3.41. The fourth-order valence-electron chi connectivity index (χ4n) is 3.81. The molecule has 0 radical (unpaired) electrons. The number of hydrogen-bond acceptors (Lipinski definition) is 5. The molecule has 0 saturated heterocycles. The summed E-state index contributed by atoms with van der Waals surface area (Å²) in [6, 6.07) is 7.30. The maximum absolute atomic E-state index is 12.0. The minimum atomic E-state index is -0.495. The van der Waals surface area contributed by atoms with Gasteiger partial charge in [-0.25, -0.2) is 4.79 Å². The van der Waals surface area contributed by atoms with Crippen molar-refractivity contribution in [1.82, 2.24) is 15.5 Å². The first kappa shape index (κ1) is 16.4. The lowest BCUT2D eigenvalue weighted by molar-refractivity contribution is -0.102. The number of benzene rings is 1. The van der Waals surface area contributed by atoms with E-state index in [9.17, 15) is 4.79 Å². The van der Waals surface area contributed by atoms with Crippen molar-refractivity contribution in [2.24, 2.45) is 0 Å².